The van der Waals surface area contributed by atoms with Crippen LogP contribution in [0.3, 0.4) is 0 Å². The summed E-state index contributed by atoms with van der Waals surface area (Å²) in [7, 11) is -1.82. The summed E-state index contributed by atoms with van der Waals surface area (Å²) in [5.41, 5.74) is 3.07. The highest BCUT2D eigenvalue weighted by Crippen LogP contribution is 2.24. The Morgan fingerprint density at radius 2 is 1.96 bits per heavy atom. The second-order valence-electron chi connectivity index (χ2n) is 7.13. The topological polar surface area (TPSA) is 106 Å². The van der Waals surface area contributed by atoms with E-state index in [1.165, 1.54) is 12.1 Å². The van der Waals surface area contributed by atoms with E-state index in [9.17, 15) is 13.2 Å². The standard InChI is InChI=1S/C19H21N5O3S/c1-11-4-7-15(28(26,27)23-13-5-6-13)9-16(11)19(25)21-14-8-17-12(2)22-24(3)18(17)20-10-14/h4,7-10,13,23H,5-6H2,1-3H3,(H,21,25). The molecule has 1 aromatic carbocycles. The summed E-state index contributed by atoms with van der Waals surface area (Å²) in [5, 5.41) is 7.97. The normalized spacial score (nSPS) is 14.4. The number of nitrogens with one attached hydrogen (secondary N) is 2. The van der Waals surface area contributed by atoms with Crippen molar-refractivity contribution in [3.8, 4) is 0 Å². The van der Waals surface area contributed by atoms with Gasteiger partial charge in [-0.2, -0.15) is 5.10 Å². The summed E-state index contributed by atoms with van der Waals surface area (Å²) in [6.07, 6.45) is 3.26. The lowest BCUT2D eigenvalue weighted by molar-refractivity contribution is 0.102. The maximum Gasteiger partial charge on any atom is 0.256 e. The number of fused-ring (bicyclic) bond motifs is 1. The number of aryl methyl sites for hydroxylation is 3. The van der Waals surface area contributed by atoms with Crippen LogP contribution in [0.2, 0.25) is 0 Å². The minimum atomic E-state index is -3.63. The number of sulfonamides is 1. The van der Waals surface area contributed by atoms with Crippen LogP contribution >= 0.6 is 0 Å². The number of carbonyl (C=O) groups excluding carboxylic acids is 1. The van der Waals surface area contributed by atoms with Crippen LogP contribution in [0.5, 0.6) is 0 Å². The zero-order chi connectivity index (χ0) is 20.1. The maximum atomic E-state index is 12.8. The van der Waals surface area contributed by atoms with Crippen molar-refractivity contribution < 1.29 is 13.2 Å². The molecular formula is C19H21N5O3S. The third-order valence-electron chi connectivity index (χ3n) is 4.78. The van der Waals surface area contributed by atoms with E-state index < -0.39 is 10.0 Å². The van der Waals surface area contributed by atoms with E-state index in [4.69, 9.17) is 0 Å². The number of pyridine rings is 1. The van der Waals surface area contributed by atoms with Gasteiger partial charge in [0.1, 0.15) is 0 Å². The molecule has 4 rings (SSSR count). The molecule has 0 radical (unpaired) electrons. The molecule has 1 aliphatic carbocycles. The first-order valence-electron chi connectivity index (χ1n) is 8.98. The highest BCUT2D eigenvalue weighted by Gasteiger charge is 2.28. The molecule has 9 heteroatoms. The number of benzene rings is 1. The number of anilines is 1. The lowest BCUT2D eigenvalue weighted by Crippen LogP contribution is -2.26. The number of hydrogen-bond donors (Lipinski definition) is 2. The van der Waals surface area contributed by atoms with Crippen molar-refractivity contribution in [2.45, 2.75) is 37.6 Å². The number of carbonyl (C=O) groups is 1. The Balaban J connectivity index is 1.62. The van der Waals surface area contributed by atoms with Gasteiger partial charge in [-0.3, -0.25) is 9.48 Å². The van der Waals surface area contributed by atoms with Crippen molar-refractivity contribution in [3.63, 3.8) is 0 Å². The highest BCUT2D eigenvalue weighted by atomic mass is 32.2. The first-order valence-corrected chi connectivity index (χ1v) is 10.5. The van der Waals surface area contributed by atoms with Gasteiger partial charge in [-0.05, 0) is 50.5 Å². The van der Waals surface area contributed by atoms with E-state index in [-0.39, 0.29) is 16.8 Å². The van der Waals surface area contributed by atoms with E-state index in [2.05, 4.69) is 20.1 Å². The fraction of sp³-hybridized carbons (Fsp3) is 0.316. The fourth-order valence-corrected chi connectivity index (χ4v) is 4.41. The molecule has 1 amide bonds. The van der Waals surface area contributed by atoms with Crippen molar-refractivity contribution in [2.75, 3.05) is 5.32 Å². The predicted octanol–water partition coefficient (Wildman–Crippen LogP) is 2.28. The minimum absolute atomic E-state index is 0.00380. The van der Waals surface area contributed by atoms with E-state index in [0.29, 0.717) is 16.8 Å². The van der Waals surface area contributed by atoms with Crippen LogP contribution in [0.4, 0.5) is 5.69 Å². The molecule has 8 nitrogen and oxygen atoms in total. The van der Waals surface area contributed by atoms with Gasteiger partial charge in [-0.1, -0.05) is 6.07 Å². The van der Waals surface area contributed by atoms with Gasteiger partial charge in [0.2, 0.25) is 10.0 Å². The Bertz CT molecular complexity index is 1200. The first-order chi connectivity index (χ1) is 13.2. The Morgan fingerprint density at radius 1 is 1.21 bits per heavy atom. The number of hydrogen-bond acceptors (Lipinski definition) is 5. The van der Waals surface area contributed by atoms with Gasteiger partial charge in [0, 0.05) is 24.0 Å². The quantitative estimate of drug-likeness (QED) is 0.685. The molecule has 2 aromatic heterocycles. The van der Waals surface area contributed by atoms with Crippen LogP contribution < -0.4 is 10.0 Å². The molecule has 3 aromatic rings. The van der Waals surface area contributed by atoms with Gasteiger partial charge in [-0.15, -0.1) is 0 Å². The maximum absolute atomic E-state index is 12.8. The molecule has 1 saturated carbocycles. The van der Waals surface area contributed by atoms with Gasteiger partial charge in [0.05, 0.1) is 22.5 Å². The third kappa shape index (κ3) is 3.50. The Labute approximate surface area is 163 Å². The summed E-state index contributed by atoms with van der Waals surface area (Å²) >= 11 is 0. The van der Waals surface area contributed by atoms with Crippen molar-refractivity contribution in [2.24, 2.45) is 7.05 Å². The van der Waals surface area contributed by atoms with Crippen molar-refractivity contribution in [1.29, 1.82) is 0 Å². The summed E-state index contributed by atoms with van der Waals surface area (Å²) in [5.74, 6) is -0.385. The van der Waals surface area contributed by atoms with Crippen LogP contribution in [0, 0.1) is 13.8 Å². The molecule has 0 bridgehead atoms. The van der Waals surface area contributed by atoms with Gasteiger partial charge in [0.25, 0.3) is 5.91 Å². The molecular weight excluding hydrogens is 378 g/mol. The summed E-state index contributed by atoms with van der Waals surface area (Å²) in [4.78, 5) is 17.2. The van der Waals surface area contributed by atoms with Crippen LogP contribution in [-0.4, -0.2) is 35.1 Å². The summed E-state index contributed by atoms with van der Waals surface area (Å²) in [6, 6.07) is 6.39. The lowest BCUT2D eigenvalue weighted by atomic mass is 10.1. The number of nitrogens with zero attached hydrogens (tertiary/aromatic N) is 3. The van der Waals surface area contributed by atoms with E-state index in [0.717, 1.165) is 29.6 Å². The second-order valence-corrected chi connectivity index (χ2v) is 8.84. The minimum Gasteiger partial charge on any atom is -0.321 e. The number of rotatable bonds is 5. The number of aromatic nitrogens is 3. The van der Waals surface area contributed by atoms with Crippen LogP contribution in [0.1, 0.15) is 34.5 Å². The van der Waals surface area contributed by atoms with Crippen LogP contribution in [0.15, 0.2) is 35.4 Å². The molecule has 0 spiro atoms. The fourth-order valence-electron chi connectivity index (χ4n) is 3.08. The smallest absolute Gasteiger partial charge is 0.256 e. The van der Waals surface area contributed by atoms with Crippen molar-refractivity contribution >= 4 is 32.7 Å². The lowest BCUT2D eigenvalue weighted by Gasteiger charge is -2.11. The monoisotopic (exact) mass is 399 g/mol. The Morgan fingerprint density at radius 3 is 2.68 bits per heavy atom. The summed E-state index contributed by atoms with van der Waals surface area (Å²) < 4.78 is 29.2. The molecule has 0 atom stereocenters. The Kier molecular flexibility index (Phi) is 4.43. The van der Waals surface area contributed by atoms with Gasteiger partial charge < -0.3 is 5.32 Å². The highest BCUT2D eigenvalue weighted by molar-refractivity contribution is 7.89. The van der Waals surface area contributed by atoms with Crippen molar-refractivity contribution in [3.05, 3.63) is 47.3 Å². The molecule has 0 aliphatic heterocycles. The average molecular weight is 399 g/mol. The predicted molar refractivity (Wildman–Crippen MR) is 106 cm³/mol. The van der Waals surface area contributed by atoms with Crippen LogP contribution in [0.25, 0.3) is 11.0 Å². The average Bonchev–Trinajstić information content (AvgIpc) is 3.39. The molecule has 2 N–H and O–H groups in total. The second kappa shape index (κ2) is 6.68. The molecule has 146 valence electrons. The van der Waals surface area contributed by atoms with Gasteiger partial charge >= 0.3 is 0 Å². The first kappa shape index (κ1) is 18.6. The zero-order valence-electron chi connectivity index (χ0n) is 15.9. The van der Waals surface area contributed by atoms with Crippen LogP contribution in [-0.2, 0) is 17.1 Å². The van der Waals surface area contributed by atoms with E-state index >= 15 is 0 Å². The SMILES string of the molecule is Cc1ccc(S(=O)(=O)NC2CC2)cc1C(=O)Nc1cnc2c(c1)c(C)nn2C. The molecule has 1 aliphatic rings. The van der Waals surface area contributed by atoms with E-state index in [1.807, 2.05) is 20.0 Å². The summed E-state index contributed by atoms with van der Waals surface area (Å²) in [6.45, 7) is 3.65. The van der Waals surface area contributed by atoms with Gasteiger partial charge in [-0.25, -0.2) is 18.1 Å². The number of amides is 1. The largest absolute Gasteiger partial charge is 0.321 e. The molecule has 1 fully saturated rings. The Hall–Kier alpha value is -2.78. The molecule has 28 heavy (non-hydrogen) atoms. The van der Waals surface area contributed by atoms with Gasteiger partial charge in [0.15, 0.2) is 5.65 Å². The van der Waals surface area contributed by atoms with E-state index in [1.54, 1.807) is 23.9 Å². The molecule has 0 saturated heterocycles. The third-order valence-corrected chi connectivity index (χ3v) is 6.30. The van der Waals surface area contributed by atoms with Crippen molar-refractivity contribution in [1.82, 2.24) is 19.5 Å². The molecule has 0 unspecified atom stereocenters. The molecule has 2 heterocycles. The zero-order valence-corrected chi connectivity index (χ0v) is 16.7.